The minimum atomic E-state index is -0.682. The van der Waals surface area contributed by atoms with Crippen molar-refractivity contribution >= 4 is 26.5 Å². The van der Waals surface area contributed by atoms with E-state index in [4.69, 9.17) is 5.11 Å². The Balaban J connectivity index is 3.31. The van der Waals surface area contributed by atoms with E-state index < -0.39 is 5.97 Å². The van der Waals surface area contributed by atoms with Gasteiger partial charge in [-0.2, -0.15) is 11.8 Å². The Morgan fingerprint density at radius 1 is 1.64 bits per heavy atom. The number of hydrogen-bond acceptors (Lipinski definition) is 2. The largest absolute Gasteiger partial charge is 0.481 e. The SMILES string of the molecule is CC(CSC[Si](C)C)C(=O)O. The predicted octanol–water partition coefficient (Wildman–Crippen LogP) is 1.73. The van der Waals surface area contributed by atoms with Crippen molar-refractivity contribution in [1.82, 2.24) is 0 Å². The predicted molar refractivity (Wildman–Crippen MR) is 51.6 cm³/mol. The van der Waals surface area contributed by atoms with Crippen LogP contribution >= 0.6 is 11.8 Å². The number of carboxylic acid groups (broad SMARTS) is 1. The molecule has 1 atom stereocenters. The van der Waals surface area contributed by atoms with Crippen molar-refractivity contribution in [3.63, 3.8) is 0 Å². The lowest BCUT2D eigenvalue weighted by molar-refractivity contribution is -0.140. The van der Waals surface area contributed by atoms with E-state index in [-0.39, 0.29) is 14.7 Å². The highest BCUT2D eigenvalue weighted by Gasteiger charge is 2.10. The normalized spacial score (nSPS) is 13.5. The zero-order chi connectivity index (χ0) is 8.85. The Morgan fingerprint density at radius 3 is 2.55 bits per heavy atom. The van der Waals surface area contributed by atoms with E-state index in [0.29, 0.717) is 0 Å². The molecule has 11 heavy (non-hydrogen) atoms. The molecule has 1 radical (unpaired) electrons. The van der Waals surface area contributed by atoms with Crippen LogP contribution in [-0.2, 0) is 4.79 Å². The van der Waals surface area contributed by atoms with Gasteiger partial charge in [0.2, 0.25) is 0 Å². The van der Waals surface area contributed by atoms with Gasteiger partial charge in [-0.05, 0) is 5.38 Å². The van der Waals surface area contributed by atoms with Gasteiger partial charge in [0.05, 0.1) is 14.7 Å². The molecule has 1 N–H and O–H groups in total. The first-order valence-corrected chi connectivity index (χ1v) is 7.49. The molecular weight excluding hydrogens is 176 g/mol. The van der Waals surface area contributed by atoms with Gasteiger partial charge in [-0.15, -0.1) is 0 Å². The van der Waals surface area contributed by atoms with Crippen LogP contribution in [0.1, 0.15) is 6.92 Å². The molecule has 0 saturated heterocycles. The molecule has 65 valence electrons. The molecule has 0 aromatic rings. The summed E-state index contributed by atoms with van der Waals surface area (Å²) in [5.74, 6) is -0.120. The summed E-state index contributed by atoms with van der Waals surface area (Å²) in [6.07, 6.45) is 0. The lowest BCUT2D eigenvalue weighted by Crippen LogP contribution is -2.14. The first kappa shape index (κ1) is 11.0. The van der Waals surface area contributed by atoms with E-state index in [1.807, 2.05) is 0 Å². The van der Waals surface area contributed by atoms with E-state index in [9.17, 15) is 4.79 Å². The molecule has 1 unspecified atom stereocenters. The van der Waals surface area contributed by atoms with Gasteiger partial charge in [0.1, 0.15) is 0 Å². The molecule has 0 rings (SSSR count). The first-order chi connectivity index (χ1) is 5.04. The molecule has 0 aliphatic carbocycles. The summed E-state index contributed by atoms with van der Waals surface area (Å²) in [5.41, 5.74) is 0. The third kappa shape index (κ3) is 6.44. The van der Waals surface area contributed by atoms with Crippen molar-refractivity contribution in [1.29, 1.82) is 0 Å². The summed E-state index contributed by atoms with van der Waals surface area (Å²) in [4.78, 5) is 10.4. The number of thioether (sulfide) groups is 1. The second kappa shape index (κ2) is 5.66. The summed E-state index contributed by atoms with van der Waals surface area (Å²) >= 11 is 1.76. The number of carboxylic acids is 1. The fourth-order valence-corrected chi connectivity index (χ4v) is 3.11. The molecule has 0 aromatic heterocycles. The van der Waals surface area contributed by atoms with Gasteiger partial charge in [0.25, 0.3) is 0 Å². The van der Waals surface area contributed by atoms with Gasteiger partial charge >= 0.3 is 5.97 Å². The van der Waals surface area contributed by atoms with Crippen molar-refractivity contribution in [3.05, 3.63) is 0 Å². The van der Waals surface area contributed by atoms with Gasteiger partial charge in [-0.3, -0.25) is 4.79 Å². The van der Waals surface area contributed by atoms with Crippen molar-refractivity contribution in [3.8, 4) is 0 Å². The molecule has 0 saturated carbocycles. The van der Waals surface area contributed by atoms with Gasteiger partial charge < -0.3 is 5.11 Å². The maximum atomic E-state index is 10.4. The number of rotatable bonds is 5. The summed E-state index contributed by atoms with van der Waals surface area (Å²) in [7, 11) is -0.186. The highest BCUT2D eigenvalue weighted by molar-refractivity contribution is 8.00. The van der Waals surface area contributed by atoms with Crippen LogP contribution in [0.2, 0.25) is 13.1 Å². The molecule has 0 spiro atoms. The van der Waals surface area contributed by atoms with Gasteiger partial charge in [-0.1, -0.05) is 20.0 Å². The van der Waals surface area contributed by atoms with Crippen LogP contribution in [0.3, 0.4) is 0 Å². The van der Waals surface area contributed by atoms with Crippen molar-refractivity contribution in [2.24, 2.45) is 5.92 Å². The smallest absolute Gasteiger partial charge is 0.307 e. The molecule has 0 heterocycles. The van der Waals surface area contributed by atoms with Crippen LogP contribution < -0.4 is 0 Å². The van der Waals surface area contributed by atoms with E-state index in [1.165, 1.54) is 0 Å². The number of aliphatic carboxylic acids is 1. The average Bonchev–Trinajstić information content (AvgIpc) is 1.86. The molecule has 0 aliphatic heterocycles. The quantitative estimate of drug-likeness (QED) is 0.673. The third-order valence-electron chi connectivity index (χ3n) is 1.18. The van der Waals surface area contributed by atoms with E-state index in [0.717, 1.165) is 11.1 Å². The standard InChI is InChI=1S/C7H15O2SSi/c1-6(7(8)9)4-10-5-11(2)3/h6H,4-5H2,1-3H3,(H,8,9). The highest BCUT2D eigenvalue weighted by Crippen LogP contribution is 2.09. The fourth-order valence-electron chi connectivity index (χ4n) is 0.511. The monoisotopic (exact) mass is 191 g/mol. The third-order valence-corrected chi connectivity index (χ3v) is 5.04. The molecule has 0 amide bonds. The van der Waals surface area contributed by atoms with Crippen LogP contribution in [0.4, 0.5) is 0 Å². The lowest BCUT2D eigenvalue weighted by atomic mass is 10.2. The maximum Gasteiger partial charge on any atom is 0.307 e. The fraction of sp³-hybridized carbons (Fsp3) is 0.857. The molecule has 4 heteroatoms. The summed E-state index contributed by atoms with van der Waals surface area (Å²) < 4.78 is 0. The molecular formula is C7H15O2SSi. The molecule has 0 aliphatic rings. The first-order valence-electron chi connectivity index (χ1n) is 3.63. The summed E-state index contributed by atoms with van der Waals surface area (Å²) in [6, 6.07) is 0. The molecule has 0 fully saturated rings. The van der Waals surface area contributed by atoms with E-state index >= 15 is 0 Å². The second-order valence-corrected chi connectivity index (χ2v) is 7.27. The minimum Gasteiger partial charge on any atom is -0.481 e. The van der Waals surface area contributed by atoms with Crippen LogP contribution in [0.25, 0.3) is 0 Å². The maximum absolute atomic E-state index is 10.4. The highest BCUT2D eigenvalue weighted by atomic mass is 32.2. The lowest BCUT2D eigenvalue weighted by Gasteiger charge is -2.06. The second-order valence-electron chi connectivity index (χ2n) is 2.96. The van der Waals surface area contributed by atoms with Crippen LogP contribution in [-0.4, -0.2) is 31.0 Å². The molecule has 0 aromatic carbocycles. The Bertz CT molecular complexity index is 128. The number of hydrogen-bond donors (Lipinski definition) is 1. The molecule has 2 nitrogen and oxygen atoms in total. The summed E-state index contributed by atoms with van der Waals surface area (Å²) in [6.45, 7) is 6.24. The van der Waals surface area contributed by atoms with Crippen LogP contribution in [0.5, 0.6) is 0 Å². The van der Waals surface area contributed by atoms with Crippen molar-refractivity contribution < 1.29 is 9.90 Å². The van der Waals surface area contributed by atoms with Gasteiger partial charge in [0.15, 0.2) is 0 Å². The van der Waals surface area contributed by atoms with Gasteiger partial charge in [-0.25, -0.2) is 0 Å². The van der Waals surface area contributed by atoms with Crippen LogP contribution in [0, 0.1) is 5.92 Å². The average molecular weight is 191 g/mol. The zero-order valence-electron chi connectivity index (χ0n) is 7.26. The molecule has 0 bridgehead atoms. The van der Waals surface area contributed by atoms with Gasteiger partial charge in [0, 0.05) is 5.75 Å². The Labute approximate surface area is 74.0 Å². The Morgan fingerprint density at radius 2 is 2.18 bits per heavy atom. The number of carbonyl (C=O) groups is 1. The van der Waals surface area contributed by atoms with Crippen LogP contribution in [0.15, 0.2) is 0 Å². The van der Waals surface area contributed by atoms with Crippen molar-refractivity contribution in [2.75, 3.05) is 11.1 Å². The summed E-state index contributed by atoms with van der Waals surface area (Å²) in [5, 5.41) is 9.70. The topological polar surface area (TPSA) is 37.3 Å². The minimum absolute atomic E-state index is 0.186. The zero-order valence-corrected chi connectivity index (χ0v) is 9.07. The van der Waals surface area contributed by atoms with Crippen molar-refractivity contribution in [2.45, 2.75) is 20.0 Å². The van der Waals surface area contributed by atoms with E-state index in [1.54, 1.807) is 18.7 Å². The Kier molecular flexibility index (Phi) is 5.68. The van der Waals surface area contributed by atoms with E-state index in [2.05, 4.69) is 13.1 Å². The Hall–Kier alpha value is 0.0369.